The van der Waals surface area contributed by atoms with Crippen LogP contribution in [0.5, 0.6) is 0 Å². The summed E-state index contributed by atoms with van der Waals surface area (Å²) in [6.45, 7) is 6.78. The highest BCUT2D eigenvalue weighted by molar-refractivity contribution is 5.25. The van der Waals surface area contributed by atoms with Gasteiger partial charge in [0, 0.05) is 24.7 Å². The van der Waals surface area contributed by atoms with E-state index in [1.807, 2.05) is 0 Å². The van der Waals surface area contributed by atoms with E-state index in [1.165, 1.54) is 30.5 Å². The van der Waals surface area contributed by atoms with Crippen molar-refractivity contribution >= 4 is 0 Å². The van der Waals surface area contributed by atoms with Crippen LogP contribution in [0.1, 0.15) is 43.9 Å². The first-order valence-corrected chi connectivity index (χ1v) is 8.27. The summed E-state index contributed by atoms with van der Waals surface area (Å²) in [5.41, 5.74) is 9.19. The van der Waals surface area contributed by atoms with Crippen LogP contribution in [-0.4, -0.2) is 49.1 Å². The minimum Gasteiger partial charge on any atom is -0.323 e. The second-order valence-corrected chi connectivity index (χ2v) is 6.66. The molecule has 1 saturated heterocycles. The number of benzene rings is 1. The minimum absolute atomic E-state index is 0.0960. The van der Waals surface area contributed by atoms with Crippen molar-refractivity contribution in [2.75, 3.05) is 27.2 Å². The topological polar surface area (TPSA) is 32.5 Å². The Kier molecular flexibility index (Phi) is 5.80. The number of nitrogens with zero attached hydrogens (tertiary/aromatic N) is 2. The molecule has 0 aliphatic carbocycles. The molecule has 1 aliphatic rings. The Morgan fingerprint density at radius 1 is 1.29 bits per heavy atom. The summed E-state index contributed by atoms with van der Waals surface area (Å²) >= 11 is 0. The molecule has 3 unspecified atom stereocenters. The number of hydrogen-bond donors (Lipinski definition) is 1. The van der Waals surface area contributed by atoms with Crippen molar-refractivity contribution in [3.05, 3.63) is 35.4 Å². The van der Waals surface area contributed by atoms with Gasteiger partial charge in [-0.15, -0.1) is 0 Å². The summed E-state index contributed by atoms with van der Waals surface area (Å²) in [7, 11) is 4.31. The van der Waals surface area contributed by atoms with Gasteiger partial charge in [0.15, 0.2) is 0 Å². The molecule has 21 heavy (non-hydrogen) atoms. The van der Waals surface area contributed by atoms with Crippen molar-refractivity contribution in [3.8, 4) is 0 Å². The van der Waals surface area contributed by atoms with Gasteiger partial charge in [0.05, 0.1) is 0 Å². The molecule has 3 heteroatoms. The molecule has 0 radical (unpaired) electrons. The zero-order chi connectivity index (χ0) is 15.4. The van der Waals surface area contributed by atoms with E-state index in [2.05, 4.69) is 62.0 Å². The first-order chi connectivity index (χ1) is 10.0. The number of rotatable bonds is 6. The summed E-state index contributed by atoms with van der Waals surface area (Å²) in [6, 6.07) is 9.97. The maximum atomic E-state index is 6.55. The lowest BCUT2D eigenvalue weighted by atomic mass is 9.98. The van der Waals surface area contributed by atoms with Crippen LogP contribution in [0.25, 0.3) is 0 Å². The Hall–Kier alpha value is -0.900. The van der Waals surface area contributed by atoms with Crippen LogP contribution in [0.15, 0.2) is 24.3 Å². The Morgan fingerprint density at radius 2 is 1.95 bits per heavy atom. The molecule has 0 bridgehead atoms. The maximum Gasteiger partial charge on any atom is 0.0450 e. The summed E-state index contributed by atoms with van der Waals surface area (Å²) in [5, 5.41) is 0. The first-order valence-electron chi connectivity index (χ1n) is 8.27. The molecule has 2 rings (SSSR count). The predicted molar refractivity (Wildman–Crippen MR) is 90.5 cm³/mol. The van der Waals surface area contributed by atoms with Gasteiger partial charge >= 0.3 is 0 Å². The van der Waals surface area contributed by atoms with Gasteiger partial charge in [0.2, 0.25) is 0 Å². The van der Waals surface area contributed by atoms with Gasteiger partial charge in [-0.1, -0.05) is 31.2 Å². The van der Waals surface area contributed by atoms with Crippen LogP contribution in [-0.2, 0) is 6.42 Å². The Balaban J connectivity index is 2.04. The fourth-order valence-corrected chi connectivity index (χ4v) is 3.47. The van der Waals surface area contributed by atoms with Crippen LogP contribution in [0, 0.1) is 0 Å². The highest BCUT2D eigenvalue weighted by Crippen LogP contribution is 2.27. The third-order valence-electron chi connectivity index (χ3n) is 4.81. The second kappa shape index (κ2) is 7.39. The molecular weight excluding hydrogens is 258 g/mol. The van der Waals surface area contributed by atoms with Gasteiger partial charge < -0.3 is 10.6 Å². The zero-order valence-electron chi connectivity index (χ0n) is 14.0. The van der Waals surface area contributed by atoms with E-state index in [9.17, 15) is 0 Å². The Bertz CT molecular complexity index is 427. The molecular formula is C18H31N3. The van der Waals surface area contributed by atoms with Gasteiger partial charge in [-0.2, -0.15) is 0 Å². The van der Waals surface area contributed by atoms with E-state index in [-0.39, 0.29) is 6.04 Å². The molecule has 0 spiro atoms. The van der Waals surface area contributed by atoms with Crippen molar-refractivity contribution in [2.24, 2.45) is 5.73 Å². The lowest BCUT2D eigenvalue weighted by Gasteiger charge is -2.35. The molecule has 1 aliphatic heterocycles. The lowest BCUT2D eigenvalue weighted by molar-refractivity contribution is 0.144. The van der Waals surface area contributed by atoms with Crippen LogP contribution in [0.4, 0.5) is 0 Å². The lowest BCUT2D eigenvalue weighted by Crippen LogP contribution is -2.46. The molecule has 1 fully saturated rings. The summed E-state index contributed by atoms with van der Waals surface area (Å²) in [6.07, 6.45) is 3.68. The number of nitrogens with two attached hydrogens (primary N) is 1. The van der Waals surface area contributed by atoms with Gasteiger partial charge in [0.1, 0.15) is 0 Å². The molecule has 0 saturated carbocycles. The monoisotopic (exact) mass is 289 g/mol. The predicted octanol–water partition coefficient (Wildman–Crippen LogP) is 2.66. The SMILES string of the molecule is CCc1ccc(C(N)C(C)N2CCCC2CN(C)C)cc1. The molecule has 1 aromatic carbocycles. The van der Waals surface area contributed by atoms with E-state index in [1.54, 1.807) is 0 Å². The molecule has 1 aromatic rings. The molecule has 0 aromatic heterocycles. The van der Waals surface area contributed by atoms with E-state index < -0.39 is 0 Å². The largest absolute Gasteiger partial charge is 0.323 e. The van der Waals surface area contributed by atoms with Gasteiger partial charge in [-0.3, -0.25) is 4.90 Å². The minimum atomic E-state index is 0.0960. The van der Waals surface area contributed by atoms with E-state index >= 15 is 0 Å². The Morgan fingerprint density at radius 3 is 2.52 bits per heavy atom. The van der Waals surface area contributed by atoms with Crippen molar-refractivity contribution < 1.29 is 0 Å². The molecule has 2 N–H and O–H groups in total. The molecule has 3 atom stereocenters. The zero-order valence-corrected chi connectivity index (χ0v) is 14.0. The van der Waals surface area contributed by atoms with E-state index in [0.29, 0.717) is 12.1 Å². The molecule has 1 heterocycles. The highest BCUT2D eigenvalue weighted by atomic mass is 15.2. The third kappa shape index (κ3) is 4.06. The number of aryl methyl sites for hydroxylation is 1. The normalized spacial score (nSPS) is 22.7. The quantitative estimate of drug-likeness (QED) is 0.874. The molecule has 0 amide bonds. The van der Waals surface area contributed by atoms with Crippen LogP contribution in [0.3, 0.4) is 0 Å². The van der Waals surface area contributed by atoms with Crippen molar-refractivity contribution in [3.63, 3.8) is 0 Å². The fraction of sp³-hybridized carbons (Fsp3) is 0.667. The van der Waals surface area contributed by atoms with Crippen molar-refractivity contribution in [1.82, 2.24) is 9.80 Å². The number of likely N-dealkylation sites (N-methyl/N-ethyl adjacent to an activating group) is 1. The molecule has 3 nitrogen and oxygen atoms in total. The summed E-state index contributed by atoms with van der Waals surface area (Å²) < 4.78 is 0. The van der Waals surface area contributed by atoms with Crippen LogP contribution >= 0.6 is 0 Å². The number of hydrogen-bond acceptors (Lipinski definition) is 3. The van der Waals surface area contributed by atoms with E-state index in [0.717, 1.165) is 13.0 Å². The van der Waals surface area contributed by atoms with E-state index in [4.69, 9.17) is 5.73 Å². The first kappa shape index (κ1) is 16.5. The summed E-state index contributed by atoms with van der Waals surface area (Å²) in [5.74, 6) is 0. The average Bonchev–Trinajstić information content (AvgIpc) is 2.93. The smallest absolute Gasteiger partial charge is 0.0450 e. The maximum absolute atomic E-state index is 6.55. The third-order valence-corrected chi connectivity index (χ3v) is 4.81. The Labute approximate surface area is 130 Å². The van der Waals surface area contributed by atoms with Crippen LogP contribution < -0.4 is 5.73 Å². The fourth-order valence-electron chi connectivity index (χ4n) is 3.47. The molecule has 118 valence electrons. The van der Waals surface area contributed by atoms with Gasteiger partial charge in [-0.25, -0.2) is 0 Å². The van der Waals surface area contributed by atoms with Gasteiger partial charge in [-0.05, 0) is 58.0 Å². The number of likely N-dealkylation sites (tertiary alicyclic amines) is 1. The van der Waals surface area contributed by atoms with Crippen molar-refractivity contribution in [1.29, 1.82) is 0 Å². The van der Waals surface area contributed by atoms with Gasteiger partial charge in [0.25, 0.3) is 0 Å². The average molecular weight is 289 g/mol. The summed E-state index contributed by atoms with van der Waals surface area (Å²) in [4.78, 5) is 4.90. The van der Waals surface area contributed by atoms with Crippen molar-refractivity contribution in [2.45, 2.75) is 51.2 Å². The second-order valence-electron chi connectivity index (χ2n) is 6.66. The standard InChI is InChI=1S/C18H31N3/c1-5-15-8-10-16(11-9-15)18(19)14(2)21-12-6-7-17(21)13-20(3)4/h8-11,14,17-18H,5-7,12-13,19H2,1-4H3. The highest BCUT2D eigenvalue weighted by Gasteiger charge is 2.31. The van der Waals surface area contributed by atoms with Crippen LogP contribution in [0.2, 0.25) is 0 Å².